The molecular weight excluding hydrogens is 522 g/mol. The van der Waals surface area contributed by atoms with Gasteiger partial charge >= 0.3 is 0 Å². The van der Waals surface area contributed by atoms with Crippen LogP contribution in [0.4, 0.5) is 0 Å². The number of likely N-dealkylation sites (tertiary alicyclic amines) is 1. The van der Waals surface area contributed by atoms with Crippen LogP contribution < -0.4 is 15.0 Å². The van der Waals surface area contributed by atoms with E-state index in [1.54, 1.807) is 20.4 Å². The lowest BCUT2D eigenvalue weighted by Crippen LogP contribution is -2.48. The number of carbonyl (C=O) groups excluding carboxylic acids is 1. The first kappa shape index (κ1) is 28.5. The van der Waals surface area contributed by atoms with Gasteiger partial charge in [0, 0.05) is 16.5 Å². The number of nitrogens with one attached hydrogen (secondary N) is 1. The molecule has 1 amide bonds. The topological polar surface area (TPSA) is 83.9 Å². The number of hydrogen-bond acceptors (Lipinski definition) is 7. The Morgan fingerprint density at radius 1 is 1.13 bits per heavy atom. The first-order valence-electron chi connectivity index (χ1n) is 13.0. The zero-order valence-corrected chi connectivity index (χ0v) is 23.6. The Balaban J connectivity index is 1.31. The van der Waals surface area contributed by atoms with E-state index in [4.69, 9.17) is 21.1 Å². The number of fused-ring (bicyclic) bond motifs is 1. The van der Waals surface area contributed by atoms with Gasteiger partial charge in [0.25, 0.3) is 0 Å². The molecule has 4 rings (SSSR count). The first-order valence-corrected chi connectivity index (χ1v) is 14.4. The molecule has 204 valence electrons. The van der Waals surface area contributed by atoms with E-state index in [-0.39, 0.29) is 5.91 Å². The number of pyridine rings is 1. The van der Waals surface area contributed by atoms with Gasteiger partial charge in [-0.3, -0.25) is 15.0 Å². The maximum absolute atomic E-state index is 12.8. The van der Waals surface area contributed by atoms with E-state index in [2.05, 4.69) is 22.0 Å². The van der Waals surface area contributed by atoms with Crippen molar-refractivity contribution >= 4 is 40.2 Å². The van der Waals surface area contributed by atoms with Crippen LogP contribution in [0, 0.1) is 5.41 Å². The molecule has 0 bridgehead atoms. The zero-order chi connectivity index (χ0) is 27.0. The highest BCUT2D eigenvalue weighted by molar-refractivity contribution is 7.99. The number of carbonyl (C=O) groups is 1. The second-order valence-electron chi connectivity index (χ2n) is 9.77. The average molecular weight is 558 g/mol. The molecule has 0 unspecified atom stereocenters. The van der Waals surface area contributed by atoms with E-state index in [1.165, 1.54) is 4.90 Å². The van der Waals surface area contributed by atoms with Crippen LogP contribution in [-0.4, -0.2) is 60.6 Å². The molecule has 1 aliphatic heterocycles. The minimum atomic E-state index is -0.576. The van der Waals surface area contributed by atoms with E-state index >= 15 is 0 Å². The van der Waals surface area contributed by atoms with Crippen LogP contribution in [0.3, 0.4) is 0 Å². The maximum Gasteiger partial charge on any atom is 0.249 e. The van der Waals surface area contributed by atoms with Crippen LogP contribution >= 0.6 is 23.4 Å². The number of piperidine rings is 1. The quantitative estimate of drug-likeness (QED) is 0.122. The molecule has 9 heteroatoms. The Hall–Kier alpha value is -2.52. The van der Waals surface area contributed by atoms with Gasteiger partial charge in [0.2, 0.25) is 5.91 Å². The van der Waals surface area contributed by atoms with Crippen molar-refractivity contribution in [3.63, 3.8) is 0 Å². The van der Waals surface area contributed by atoms with Gasteiger partial charge in [0.1, 0.15) is 11.5 Å². The fourth-order valence-corrected chi connectivity index (χ4v) is 6.40. The molecule has 2 N–H and O–H groups in total. The highest BCUT2D eigenvalue weighted by Crippen LogP contribution is 2.38. The van der Waals surface area contributed by atoms with Crippen LogP contribution in [0.25, 0.3) is 10.9 Å². The summed E-state index contributed by atoms with van der Waals surface area (Å²) in [5.41, 5.74) is 3.26. The van der Waals surface area contributed by atoms with Gasteiger partial charge in [-0.25, -0.2) is 5.48 Å². The molecule has 7 nitrogen and oxygen atoms in total. The van der Waals surface area contributed by atoms with Gasteiger partial charge in [-0.1, -0.05) is 17.7 Å². The second-order valence-corrected chi connectivity index (χ2v) is 11.3. The molecular formula is C29H36ClN3O4S. The number of aryl methyl sites for hydroxylation is 1. The predicted octanol–water partition coefficient (Wildman–Crippen LogP) is 6.00. The fraction of sp³-hybridized carbons (Fsp3) is 0.448. The van der Waals surface area contributed by atoms with Crippen LogP contribution in [0.5, 0.6) is 11.5 Å². The summed E-state index contributed by atoms with van der Waals surface area (Å²) in [4.78, 5) is 20.9. The summed E-state index contributed by atoms with van der Waals surface area (Å²) in [5.74, 6) is 2.38. The predicted molar refractivity (Wildman–Crippen MR) is 153 cm³/mol. The Morgan fingerprint density at radius 3 is 2.63 bits per heavy atom. The molecule has 0 saturated carbocycles. The third-order valence-electron chi connectivity index (χ3n) is 7.54. The molecule has 2 aromatic carbocycles. The third kappa shape index (κ3) is 6.91. The molecule has 1 aromatic heterocycles. The molecule has 1 aliphatic rings. The highest BCUT2D eigenvalue weighted by atomic mass is 35.5. The lowest BCUT2D eigenvalue weighted by atomic mass is 9.73. The number of thioether (sulfide) groups is 1. The number of ether oxygens (including phenoxy) is 2. The first-order chi connectivity index (χ1) is 18.5. The third-order valence-corrected chi connectivity index (χ3v) is 8.95. The number of nitrogens with zero attached hydrogens (tertiary/aromatic N) is 2. The number of methoxy groups -OCH3 is 2. The number of hydroxylamine groups is 1. The van der Waals surface area contributed by atoms with Gasteiger partial charge in [-0.05, 0) is 106 Å². The minimum absolute atomic E-state index is 0.280. The molecule has 0 radical (unpaired) electrons. The van der Waals surface area contributed by atoms with E-state index in [9.17, 15) is 10.0 Å². The molecule has 3 aromatic rings. The van der Waals surface area contributed by atoms with E-state index in [0.717, 1.165) is 85.5 Å². The van der Waals surface area contributed by atoms with Crippen molar-refractivity contribution in [3.8, 4) is 11.5 Å². The standard InChI is InChI=1S/C29H36ClN3O4S/c1-36-21-6-3-7-23(18-21)38-17-5-14-33-15-12-29(13-16-33,28(34)32-35)11-4-8-24-25-19-22(37-2)9-10-27(25)31-20-26(24)30/h3,6-7,9-10,18-20,35H,4-5,8,11-17H2,1-2H3,(H,32,34). The van der Waals surface area contributed by atoms with Crippen molar-refractivity contribution in [1.82, 2.24) is 15.4 Å². The maximum atomic E-state index is 12.8. The SMILES string of the molecule is COc1cccc(SCCCN2CCC(CCCc3c(Cl)cnc4ccc(OC)cc34)(C(=O)NO)CC2)c1. The monoisotopic (exact) mass is 557 g/mol. The van der Waals surface area contributed by atoms with Gasteiger partial charge in [0.15, 0.2) is 0 Å². The number of halogens is 1. The van der Waals surface area contributed by atoms with Crippen molar-refractivity contribution in [2.45, 2.75) is 43.4 Å². The molecule has 0 spiro atoms. The van der Waals surface area contributed by atoms with Gasteiger partial charge in [-0.2, -0.15) is 0 Å². The van der Waals surface area contributed by atoms with E-state index in [0.29, 0.717) is 11.4 Å². The van der Waals surface area contributed by atoms with Crippen LogP contribution in [0.2, 0.25) is 5.02 Å². The van der Waals surface area contributed by atoms with Crippen LogP contribution in [0.15, 0.2) is 53.6 Å². The molecule has 1 saturated heterocycles. The second kappa shape index (κ2) is 13.5. The summed E-state index contributed by atoms with van der Waals surface area (Å²) in [6, 6.07) is 13.9. The zero-order valence-electron chi connectivity index (χ0n) is 22.0. The summed E-state index contributed by atoms with van der Waals surface area (Å²) in [7, 11) is 3.33. The van der Waals surface area contributed by atoms with Crippen molar-refractivity contribution in [3.05, 3.63) is 59.2 Å². The highest BCUT2D eigenvalue weighted by Gasteiger charge is 2.40. The molecule has 1 fully saturated rings. The molecule has 38 heavy (non-hydrogen) atoms. The molecule has 2 heterocycles. The smallest absolute Gasteiger partial charge is 0.249 e. The summed E-state index contributed by atoms with van der Waals surface area (Å²) < 4.78 is 10.7. The van der Waals surface area contributed by atoms with Crippen molar-refractivity contribution in [2.24, 2.45) is 5.41 Å². The van der Waals surface area contributed by atoms with Gasteiger partial charge in [0.05, 0.1) is 30.2 Å². The number of aromatic nitrogens is 1. The lowest BCUT2D eigenvalue weighted by molar-refractivity contribution is -0.143. The molecule has 0 atom stereocenters. The van der Waals surface area contributed by atoms with Gasteiger partial charge < -0.3 is 14.4 Å². The number of rotatable bonds is 12. The Labute approximate surface area is 233 Å². The van der Waals surface area contributed by atoms with E-state index < -0.39 is 5.41 Å². The normalized spacial score (nSPS) is 15.4. The number of amides is 1. The molecule has 0 aliphatic carbocycles. The summed E-state index contributed by atoms with van der Waals surface area (Å²) in [6.07, 6.45) is 6.38. The number of hydrogen-bond donors (Lipinski definition) is 2. The van der Waals surface area contributed by atoms with Crippen molar-refractivity contribution in [1.29, 1.82) is 0 Å². The number of benzene rings is 2. The van der Waals surface area contributed by atoms with Crippen LogP contribution in [0.1, 0.15) is 37.7 Å². The van der Waals surface area contributed by atoms with Crippen LogP contribution in [-0.2, 0) is 11.2 Å². The van der Waals surface area contributed by atoms with Gasteiger partial charge in [-0.15, -0.1) is 11.8 Å². The Bertz CT molecular complexity index is 1230. The summed E-state index contributed by atoms with van der Waals surface area (Å²) in [6.45, 7) is 2.68. The Morgan fingerprint density at radius 2 is 1.89 bits per heavy atom. The minimum Gasteiger partial charge on any atom is -0.497 e. The van der Waals surface area contributed by atoms with E-state index in [1.807, 2.05) is 47.6 Å². The largest absolute Gasteiger partial charge is 0.497 e. The van der Waals surface area contributed by atoms with Crippen molar-refractivity contribution < 1.29 is 19.5 Å². The summed E-state index contributed by atoms with van der Waals surface area (Å²) in [5, 5.41) is 11.1. The Kier molecular flexibility index (Phi) is 10.1. The average Bonchev–Trinajstić information content (AvgIpc) is 2.96. The fourth-order valence-electron chi connectivity index (χ4n) is 5.27. The van der Waals surface area contributed by atoms with Crippen molar-refractivity contribution in [2.75, 3.05) is 39.6 Å². The lowest BCUT2D eigenvalue weighted by Gasteiger charge is -2.40. The summed E-state index contributed by atoms with van der Waals surface area (Å²) >= 11 is 8.37.